The summed E-state index contributed by atoms with van der Waals surface area (Å²) in [4.78, 5) is 15.6. The van der Waals surface area contributed by atoms with Crippen LogP contribution < -0.4 is 5.73 Å². The molecule has 0 radical (unpaired) electrons. The number of nitrogens with zero attached hydrogens (tertiary/aromatic N) is 1. The standard InChI is InChI=1S/C12H13BrN2OS2/c1-7-9(14)4-10(18-7)12(16)15(2)5-8-3-11(13)17-6-8/h3-4,6H,5,14H2,1-2H3. The second kappa shape index (κ2) is 5.42. The molecular formula is C12H13BrN2OS2. The maximum atomic E-state index is 12.2. The van der Waals surface area contributed by atoms with Crippen molar-refractivity contribution >= 4 is 50.2 Å². The van der Waals surface area contributed by atoms with Gasteiger partial charge in [0.15, 0.2) is 0 Å². The molecule has 3 nitrogen and oxygen atoms in total. The zero-order chi connectivity index (χ0) is 13.3. The zero-order valence-electron chi connectivity index (χ0n) is 10.1. The van der Waals surface area contributed by atoms with Gasteiger partial charge >= 0.3 is 0 Å². The van der Waals surface area contributed by atoms with Gasteiger partial charge in [-0.25, -0.2) is 0 Å². The molecule has 0 spiro atoms. The number of aryl methyl sites for hydroxylation is 1. The number of rotatable bonds is 3. The number of nitrogens with two attached hydrogens (primary N) is 1. The molecule has 0 aliphatic heterocycles. The van der Waals surface area contributed by atoms with Crippen LogP contribution in [0.4, 0.5) is 5.69 Å². The largest absolute Gasteiger partial charge is 0.398 e. The molecule has 6 heteroatoms. The minimum atomic E-state index is 0.0159. The number of nitrogen functional groups attached to an aromatic ring is 1. The zero-order valence-corrected chi connectivity index (χ0v) is 13.3. The predicted octanol–water partition coefficient (Wildman–Crippen LogP) is 3.73. The minimum absolute atomic E-state index is 0.0159. The lowest BCUT2D eigenvalue weighted by Gasteiger charge is -2.15. The third-order valence-corrected chi connectivity index (χ3v) is 5.16. The van der Waals surface area contributed by atoms with Crippen LogP contribution in [0.15, 0.2) is 21.3 Å². The fourth-order valence-electron chi connectivity index (χ4n) is 1.56. The van der Waals surface area contributed by atoms with E-state index in [4.69, 9.17) is 5.73 Å². The van der Waals surface area contributed by atoms with Crippen LogP contribution in [-0.2, 0) is 6.54 Å². The molecule has 96 valence electrons. The van der Waals surface area contributed by atoms with Crippen molar-refractivity contribution in [2.75, 3.05) is 12.8 Å². The van der Waals surface area contributed by atoms with Crippen molar-refractivity contribution in [3.63, 3.8) is 0 Å². The Morgan fingerprint density at radius 1 is 1.50 bits per heavy atom. The molecule has 0 aliphatic rings. The van der Waals surface area contributed by atoms with Gasteiger partial charge in [-0.1, -0.05) is 0 Å². The number of carbonyl (C=O) groups excluding carboxylic acids is 1. The van der Waals surface area contributed by atoms with Gasteiger partial charge < -0.3 is 10.6 Å². The van der Waals surface area contributed by atoms with Crippen LogP contribution in [0.3, 0.4) is 0 Å². The lowest BCUT2D eigenvalue weighted by atomic mass is 10.3. The lowest BCUT2D eigenvalue weighted by Crippen LogP contribution is -2.25. The van der Waals surface area contributed by atoms with Gasteiger partial charge in [0.2, 0.25) is 0 Å². The minimum Gasteiger partial charge on any atom is -0.398 e. The van der Waals surface area contributed by atoms with E-state index < -0.39 is 0 Å². The third-order valence-electron chi connectivity index (χ3n) is 2.56. The van der Waals surface area contributed by atoms with Crippen molar-refractivity contribution < 1.29 is 4.79 Å². The summed E-state index contributed by atoms with van der Waals surface area (Å²) < 4.78 is 1.08. The van der Waals surface area contributed by atoms with E-state index in [2.05, 4.69) is 15.9 Å². The Morgan fingerprint density at radius 2 is 2.22 bits per heavy atom. The summed E-state index contributed by atoms with van der Waals surface area (Å²) in [6, 6.07) is 3.78. The van der Waals surface area contributed by atoms with Gasteiger partial charge in [0, 0.05) is 24.2 Å². The summed E-state index contributed by atoms with van der Waals surface area (Å²) in [5.41, 5.74) is 7.59. The molecule has 1 amide bonds. The van der Waals surface area contributed by atoms with Crippen LogP contribution in [0, 0.1) is 6.92 Å². The molecule has 0 fully saturated rings. The highest BCUT2D eigenvalue weighted by Crippen LogP contribution is 2.26. The quantitative estimate of drug-likeness (QED) is 0.921. The van der Waals surface area contributed by atoms with E-state index in [-0.39, 0.29) is 5.91 Å². The van der Waals surface area contributed by atoms with Gasteiger partial charge in [-0.3, -0.25) is 4.79 Å². The summed E-state index contributed by atoms with van der Waals surface area (Å²) in [6.45, 7) is 2.53. The van der Waals surface area contributed by atoms with Crippen LogP contribution in [0.2, 0.25) is 0 Å². The summed E-state index contributed by atoms with van der Waals surface area (Å²) in [7, 11) is 1.80. The van der Waals surface area contributed by atoms with Gasteiger partial charge in [-0.15, -0.1) is 22.7 Å². The lowest BCUT2D eigenvalue weighted by molar-refractivity contribution is 0.0790. The highest BCUT2D eigenvalue weighted by atomic mass is 79.9. The van der Waals surface area contributed by atoms with E-state index in [9.17, 15) is 4.79 Å². The Labute approximate surface area is 122 Å². The monoisotopic (exact) mass is 344 g/mol. The van der Waals surface area contributed by atoms with Gasteiger partial charge in [0.05, 0.1) is 8.66 Å². The van der Waals surface area contributed by atoms with Crippen molar-refractivity contribution in [2.24, 2.45) is 0 Å². The Kier molecular flexibility index (Phi) is 4.09. The van der Waals surface area contributed by atoms with Crippen LogP contribution in [-0.4, -0.2) is 17.9 Å². The molecule has 0 unspecified atom stereocenters. The van der Waals surface area contributed by atoms with E-state index in [1.807, 2.05) is 18.4 Å². The molecule has 2 heterocycles. The number of anilines is 1. The average Bonchev–Trinajstić information content (AvgIpc) is 2.85. The molecule has 0 bridgehead atoms. The SMILES string of the molecule is Cc1sc(C(=O)N(C)Cc2csc(Br)c2)cc1N. The van der Waals surface area contributed by atoms with Crippen molar-refractivity contribution in [3.8, 4) is 0 Å². The van der Waals surface area contributed by atoms with Crippen molar-refractivity contribution in [3.05, 3.63) is 36.6 Å². The number of thiophene rings is 2. The molecule has 18 heavy (non-hydrogen) atoms. The summed E-state index contributed by atoms with van der Waals surface area (Å²) in [5, 5.41) is 2.04. The van der Waals surface area contributed by atoms with Crippen LogP contribution in [0.25, 0.3) is 0 Å². The summed E-state index contributed by atoms with van der Waals surface area (Å²) >= 11 is 6.48. The maximum absolute atomic E-state index is 12.2. The predicted molar refractivity (Wildman–Crippen MR) is 81.3 cm³/mol. The first-order valence-electron chi connectivity index (χ1n) is 5.31. The Morgan fingerprint density at radius 3 is 2.72 bits per heavy atom. The Balaban J connectivity index is 2.09. The molecule has 2 aromatic heterocycles. The molecule has 2 aromatic rings. The molecule has 2 rings (SSSR count). The number of carbonyl (C=O) groups is 1. The molecule has 0 saturated carbocycles. The van der Waals surface area contributed by atoms with E-state index in [1.165, 1.54) is 11.3 Å². The van der Waals surface area contributed by atoms with Crippen LogP contribution in [0.1, 0.15) is 20.1 Å². The van der Waals surface area contributed by atoms with Gasteiger partial charge in [0.1, 0.15) is 0 Å². The van der Waals surface area contributed by atoms with Gasteiger partial charge in [-0.05, 0) is 45.9 Å². The van der Waals surface area contributed by atoms with Crippen LogP contribution in [0.5, 0.6) is 0 Å². The fraction of sp³-hybridized carbons (Fsp3) is 0.250. The van der Waals surface area contributed by atoms with Gasteiger partial charge in [0.25, 0.3) is 5.91 Å². The smallest absolute Gasteiger partial charge is 0.264 e. The highest BCUT2D eigenvalue weighted by Gasteiger charge is 2.16. The first kappa shape index (κ1) is 13.6. The first-order valence-corrected chi connectivity index (χ1v) is 7.80. The number of halogens is 1. The summed E-state index contributed by atoms with van der Waals surface area (Å²) in [5.74, 6) is 0.0159. The van der Waals surface area contributed by atoms with E-state index in [1.54, 1.807) is 29.4 Å². The number of hydrogen-bond donors (Lipinski definition) is 1. The fourth-order valence-corrected chi connectivity index (χ4v) is 3.70. The highest BCUT2D eigenvalue weighted by molar-refractivity contribution is 9.11. The molecule has 0 atom stereocenters. The average molecular weight is 345 g/mol. The summed E-state index contributed by atoms with van der Waals surface area (Å²) in [6.07, 6.45) is 0. The molecule has 0 aromatic carbocycles. The van der Waals surface area contributed by atoms with E-state index >= 15 is 0 Å². The Bertz CT molecular complexity index is 557. The Hall–Kier alpha value is -0.850. The normalized spacial score (nSPS) is 10.6. The number of amides is 1. The maximum Gasteiger partial charge on any atom is 0.264 e. The third kappa shape index (κ3) is 2.93. The van der Waals surface area contributed by atoms with E-state index in [0.717, 1.165) is 14.2 Å². The molecule has 0 saturated heterocycles. The molecule has 0 aliphatic carbocycles. The molecule has 2 N–H and O–H groups in total. The van der Waals surface area contributed by atoms with Crippen LogP contribution >= 0.6 is 38.6 Å². The molecular weight excluding hydrogens is 332 g/mol. The topological polar surface area (TPSA) is 46.3 Å². The number of hydrogen-bond acceptors (Lipinski definition) is 4. The van der Waals surface area contributed by atoms with Crippen molar-refractivity contribution in [2.45, 2.75) is 13.5 Å². The second-order valence-electron chi connectivity index (χ2n) is 4.04. The first-order chi connectivity index (χ1) is 8.47. The van der Waals surface area contributed by atoms with Crippen molar-refractivity contribution in [1.29, 1.82) is 0 Å². The van der Waals surface area contributed by atoms with Gasteiger partial charge in [-0.2, -0.15) is 0 Å². The van der Waals surface area contributed by atoms with Crippen molar-refractivity contribution in [1.82, 2.24) is 4.90 Å². The second-order valence-corrected chi connectivity index (χ2v) is 7.59. The van der Waals surface area contributed by atoms with E-state index in [0.29, 0.717) is 17.1 Å².